The summed E-state index contributed by atoms with van der Waals surface area (Å²) in [7, 11) is 0. The summed E-state index contributed by atoms with van der Waals surface area (Å²) in [5, 5.41) is -0.924. The Labute approximate surface area is 105 Å². The molecule has 1 aromatic rings. The molecule has 0 amide bonds. The van der Waals surface area contributed by atoms with Gasteiger partial charge in [0.25, 0.3) is 11.7 Å². The molecule has 0 unspecified atom stereocenters. The van der Waals surface area contributed by atoms with Crippen molar-refractivity contribution in [2.24, 2.45) is 0 Å². The molecule has 76 valence electrons. The molecular formula is C7H2BrClF2INO. The highest BCUT2D eigenvalue weighted by Crippen LogP contribution is 2.31. The van der Waals surface area contributed by atoms with Gasteiger partial charge in [0.1, 0.15) is 3.70 Å². The first-order chi connectivity index (χ1) is 6.45. The van der Waals surface area contributed by atoms with E-state index in [0.717, 1.165) is 6.20 Å². The summed E-state index contributed by atoms with van der Waals surface area (Å²) >= 11 is 10.00. The van der Waals surface area contributed by atoms with Crippen molar-refractivity contribution in [1.29, 1.82) is 0 Å². The smallest absolute Gasteiger partial charge is 0.266 e. The van der Waals surface area contributed by atoms with Gasteiger partial charge >= 0.3 is 0 Å². The van der Waals surface area contributed by atoms with Crippen LogP contribution in [-0.4, -0.2) is 10.2 Å². The third-order valence-corrected chi connectivity index (χ3v) is 3.96. The predicted octanol–water partition coefficient (Wildman–Crippen LogP) is 3.77. The van der Waals surface area contributed by atoms with Crippen molar-refractivity contribution in [2.75, 3.05) is 0 Å². The highest BCUT2D eigenvalue weighted by molar-refractivity contribution is 14.1. The van der Waals surface area contributed by atoms with E-state index in [2.05, 4.69) is 20.9 Å². The van der Waals surface area contributed by atoms with Crippen LogP contribution >= 0.6 is 50.1 Å². The molecule has 0 N–H and O–H groups in total. The molecule has 0 aliphatic heterocycles. The number of nitrogens with zero attached hydrogens (tertiary/aromatic N) is 1. The van der Waals surface area contributed by atoms with E-state index in [1.54, 1.807) is 0 Å². The molecule has 0 fully saturated rings. The second kappa shape index (κ2) is 4.80. The summed E-state index contributed by atoms with van der Waals surface area (Å²) in [6.45, 7) is 0. The summed E-state index contributed by atoms with van der Waals surface area (Å²) in [5.41, 5.74) is -0.682. The number of rotatable bonds is 2. The van der Waals surface area contributed by atoms with Crippen LogP contribution in [0.3, 0.4) is 0 Å². The summed E-state index contributed by atoms with van der Waals surface area (Å²) in [6.07, 6.45) is -1.82. The van der Waals surface area contributed by atoms with Gasteiger partial charge in [-0.25, -0.2) is 13.8 Å². The van der Waals surface area contributed by atoms with E-state index >= 15 is 0 Å². The molecule has 0 atom stereocenters. The minimum Gasteiger partial charge on any atom is -0.276 e. The molecule has 0 aliphatic rings. The second-order valence-corrected chi connectivity index (χ2v) is 4.43. The normalized spacial score (nSPS) is 10.7. The molecule has 1 aromatic heterocycles. The number of pyridine rings is 1. The molecule has 14 heavy (non-hydrogen) atoms. The highest BCUT2D eigenvalue weighted by Gasteiger charge is 2.22. The largest absolute Gasteiger partial charge is 0.276 e. The zero-order valence-electron chi connectivity index (χ0n) is 6.40. The summed E-state index contributed by atoms with van der Waals surface area (Å²) < 4.78 is 25.5. The fourth-order valence-electron chi connectivity index (χ4n) is 0.843. The Bertz CT molecular complexity index is 388. The maximum Gasteiger partial charge on any atom is 0.266 e. The van der Waals surface area contributed by atoms with Gasteiger partial charge in [-0.15, -0.1) is 0 Å². The fraction of sp³-hybridized carbons (Fsp3) is 0.143. The zero-order valence-corrected chi connectivity index (χ0v) is 10.9. The molecule has 0 aromatic carbocycles. The number of aromatic nitrogens is 1. The quantitative estimate of drug-likeness (QED) is 0.433. The van der Waals surface area contributed by atoms with Crippen LogP contribution in [0.25, 0.3) is 0 Å². The molecule has 0 spiro atoms. The first-order valence-corrected chi connectivity index (χ1v) is 5.52. The van der Waals surface area contributed by atoms with E-state index in [-0.39, 0.29) is 10.0 Å². The van der Waals surface area contributed by atoms with E-state index in [0.29, 0.717) is 3.70 Å². The number of carbonyl (C=O) groups excluding carboxylic acids is 1. The van der Waals surface area contributed by atoms with Crippen molar-refractivity contribution in [3.8, 4) is 0 Å². The minimum absolute atomic E-state index is 0.205. The van der Waals surface area contributed by atoms with E-state index in [4.69, 9.17) is 11.6 Å². The van der Waals surface area contributed by atoms with Crippen molar-refractivity contribution >= 4 is 55.4 Å². The van der Waals surface area contributed by atoms with E-state index in [1.807, 2.05) is 22.6 Å². The molecule has 0 aliphatic carbocycles. The molecule has 0 saturated carbocycles. The lowest BCUT2D eigenvalue weighted by Crippen LogP contribution is -2.03. The average Bonchev–Trinajstić information content (AvgIpc) is 2.08. The Morgan fingerprint density at radius 1 is 1.64 bits per heavy atom. The van der Waals surface area contributed by atoms with Gasteiger partial charge in [-0.3, -0.25) is 4.79 Å². The number of hydrogen-bond donors (Lipinski definition) is 0. The molecule has 0 saturated heterocycles. The van der Waals surface area contributed by atoms with Crippen LogP contribution < -0.4 is 0 Å². The third-order valence-electron chi connectivity index (χ3n) is 1.44. The first kappa shape index (κ1) is 12.3. The van der Waals surface area contributed by atoms with Gasteiger partial charge in [0.15, 0.2) is 0 Å². The molecule has 1 rings (SSSR count). The van der Waals surface area contributed by atoms with Crippen LogP contribution in [0, 0.1) is 3.70 Å². The van der Waals surface area contributed by atoms with Gasteiger partial charge in [-0.2, -0.15) is 0 Å². The van der Waals surface area contributed by atoms with Crippen LogP contribution in [0.1, 0.15) is 22.3 Å². The fourth-order valence-corrected chi connectivity index (χ4v) is 2.08. The summed E-state index contributed by atoms with van der Waals surface area (Å²) in [6, 6.07) is 0. The molecule has 0 radical (unpaired) electrons. The van der Waals surface area contributed by atoms with E-state index in [1.165, 1.54) is 0 Å². The Hall–Kier alpha value is 0.180. The van der Waals surface area contributed by atoms with E-state index in [9.17, 15) is 13.6 Å². The van der Waals surface area contributed by atoms with Gasteiger partial charge < -0.3 is 0 Å². The lowest BCUT2D eigenvalue weighted by Gasteiger charge is -2.07. The zero-order chi connectivity index (χ0) is 10.9. The molecular weight excluding hydrogens is 394 g/mol. The average molecular weight is 396 g/mol. The number of hydrogen-bond acceptors (Lipinski definition) is 2. The van der Waals surface area contributed by atoms with E-state index < -0.39 is 17.2 Å². The van der Waals surface area contributed by atoms with Crippen LogP contribution in [0.15, 0.2) is 10.7 Å². The lowest BCUT2D eigenvalue weighted by molar-refractivity contribution is 0.106. The molecule has 0 bridgehead atoms. The van der Waals surface area contributed by atoms with Crippen LogP contribution in [0.2, 0.25) is 0 Å². The first-order valence-electron chi connectivity index (χ1n) is 3.27. The van der Waals surface area contributed by atoms with Crippen LogP contribution in [-0.2, 0) is 0 Å². The monoisotopic (exact) mass is 395 g/mol. The number of alkyl halides is 2. The summed E-state index contributed by atoms with van der Waals surface area (Å²) in [4.78, 5) is 14.6. The van der Waals surface area contributed by atoms with Gasteiger partial charge in [0.2, 0.25) is 0 Å². The van der Waals surface area contributed by atoms with Crippen LogP contribution in [0.5, 0.6) is 0 Å². The molecule has 2 nitrogen and oxygen atoms in total. The molecule has 1 heterocycles. The van der Waals surface area contributed by atoms with Gasteiger partial charge in [0.05, 0.1) is 10.0 Å². The Kier molecular flexibility index (Phi) is 4.20. The second-order valence-electron chi connectivity index (χ2n) is 2.27. The Morgan fingerprint density at radius 3 is 2.64 bits per heavy atom. The molecule has 7 heteroatoms. The lowest BCUT2D eigenvalue weighted by atomic mass is 10.1. The Balaban J connectivity index is 3.45. The van der Waals surface area contributed by atoms with Gasteiger partial charge in [-0.1, -0.05) is 0 Å². The van der Waals surface area contributed by atoms with Gasteiger partial charge in [0, 0.05) is 11.8 Å². The van der Waals surface area contributed by atoms with Crippen molar-refractivity contribution < 1.29 is 13.6 Å². The van der Waals surface area contributed by atoms with Crippen LogP contribution in [0.4, 0.5) is 8.78 Å². The highest BCUT2D eigenvalue weighted by atomic mass is 127. The number of halogens is 5. The number of carbonyl (C=O) groups is 1. The van der Waals surface area contributed by atoms with Crippen molar-refractivity contribution in [3.63, 3.8) is 0 Å². The minimum atomic E-state index is -2.77. The van der Waals surface area contributed by atoms with Crippen molar-refractivity contribution in [3.05, 3.63) is 25.5 Å². The summed E-state index contributed by atoms with van der Waals surface area (Å²) in [5.74, 6) is 0. The van der Waals surface area contributed by atoms with Gasteiger partial charge in [-0.05, 0) is 50.1 Å². The maximum atomic E-state index is 12.4. The Morgan fingerprint density at radius 2 is 2.21 bits per heavy atom. The topological polar surface area (TPSA) is 30.0 Å². The predicted molar refractivity (Wildman–Crippen MR) is 59.8 cm³/mol. The maximum absolute atomic E-state index is 12.4. The van der Waals surface area contributed by atoms with Crippen molar-refractivity contribution in [1.82, 2.24) is 4.98 Å². The standard InChI is InChI=1S/C7H2BrClF2INO/c8-4-3(5(9)14)2(6(10)11)1-13-7(4)12/h1,6H. The van der Waals surface area contributed by atoms with Crippen molar-refractivity contribution in [2.45, 2.75) is 6.43 Å². The SMILES string of the molecule is O=C(Cl)c1c(C(F)F)cnc(I)c1Br. The third kappa shape index (κ3) is 2.40.